The van der Waals surface area contributed by atoms with Crippen molar-refractivity contribution in [3.8, 4) is 5.75 Å². The third kappa shape index (κ3) is 3.60. The smallest absolute Gasteiger partial charge is 0.276 e. The molecule has 0 amide bonds. The molecule has 0 N–H and O–H groups in total. The fourth-order valence-electron chi connectivity index (χ4n) is 6.20. The lowest BCUT2D eigenvalue weighted by molar-refractivity contribution is -0.0191. The van der Waals surface area contributed by atoms with Crippen LogP contribution in [-0.2, 0) is 11.2 Å². The van der Waals surface area contributed by atoms with Crippen molar-refractivity contribution in [3.05, 3.63) is 35.2 Å². The number of ether oxygens (including phenoxy) is 1. The lowest BCUT2D eigenvalue weighted by atomic mass is 9.49. The van der Waals surface area contributed by atoms with Crippen LogP contribution in [0.1, 0.15) is 74.2 Å². The second-order valence-corrected chi connectivity index (χ2v) is 10.1. The Morgan fingerprint density at radius 1 is 1.17 bits per heavy atom. The number of hydrogen-bond donors (Lipinski definition) is 0. The zero-order valence-corrected chi connectivity index (χ0v) is 18.0. The number of aromatic nitrogens is 2. The molecule has 4 fully saturated rings. The molecule has 0 aliphatic heterocycles. The molecule has 1 aromatic heterocycles. The van der Waals surface area contributed by atoms with Crippen molar-refractivity contribution in [2.75, 3.05) is 6.61 Å². The number of carbonyl (C=O) groups is 1. The van der Waals surface area contributed by atoms with Crippen molar-refractivity contribution in [2.24, 2.45) is 17.8 Å². The van der Waals surface area contributed by atoms with E-state index in [9.17, 15) is 4.79 Å². The molecule has 1 aromatic carbocycles. The number of rotatable bonds is 7. The van der Waals surface area contributed by atoms with E-state index >= 15 is 0 Å². The topological polar surface area (TPSA) is 65.2 Å². The number of ketones is 1. The summed E-state index contributed by atoms with van der Waals surface area (Å²) in [6.45, 7) is 4.14. The maximum absolute atomic E-state index is 11.8. The van der Waals surface area contributed by atoms with Gasteiger partial charge in [-0.1, -0.05) is 11.8 Å². The van der Waals surface area contributed by atoms with Gasteiger partial charge in [-0.05, 0) is 88.3 Å². The second kappa shape index (κ2) is 7.46. The van der Waals surface area contributed by atoms with Crippen molar-refractivity contribution in [3.63, 3.8) is 0 Å². The largest absolute Gasteiger partial charge is 0.494 e. The number of carbonyl (C=O) groups excluding carboxylic acids is 1. The number of hydrogen-bond acceptors (Lipinski definition) is 6. The van der Waals surface area contributed by atoms with Crippen molar-refractivity contribution >= 4 is 17.5 Å². The second-order valence-electron chi connectivity index (χ2n) is 9.17. The molecule has 4 saturated carbocycles. The Morgan fingerprint density at radius 2 is 1.86 bits per heavy atom. The summed E-state index contributed by atoms with van der Waals surface area (Å²) in [6.07, 6.45) is 7.88. The third-order valence-corrected chi connectivity index (χ3v) is 7.88. The van der Waals surface area contributed by atoms with Crippen LogP contribution in [0.2, 0.25) is 0 Å². The molecule has 4 aliphatic carbocycles. The van der Waals surface area contributed by atoms with Gasteiger partial charge in [0.2, 0.25) is 5.89 Å². The van der Waals surface area contributed by atoms with Crippen LogP contribution < -0.4 is 4.74 Å². The minimum Gasteiger partial charge on any atom is -0.494 e. The molecule has 5 nitrogen and oxygen atoms in total. The van der Waals surface area contributed by atoms with Crippen LogP contribution in [0.15, 0.2) is 27.8 Å². The lowest BCUT2D eigenvalue weighted by Crippen LogP contribution is -2.48. The highest BCUT2D eigenvalue weighted by molar-refractivity contribution is 7.98. The molecule has 154 valence electrons. The minimum atomic E-state index is 0.0567. The van der Waals surface area contributed by atoms with E-state index in [1.807, 2.05) is 25.1 Å². The summed E-state index contributed by atoms with van der Waals surface area (Å²) in [7, 11) is 0. The summed E-state index contributed by atoms with van der Waals surface area (Å²) in [5.41, 5.74) is 1.81. The summed E-state index contributed by atoms with van der Waals surface area (Å²) in [4.78, 5) is 11.8. The molecule has 2 aromatic rings. The zero-order chi connectivity index (χ0) is 20.0. The number of benzene rings is 1. The first-order chi connectivity index (χ1) is 14.0. The fourth-order valence-corrected chi connectivity index (χ4v) is 6.94. The number of thioether (sulfide) groups is 1. The number of Topliss-reactive ketones (excluding diaryl/α,β-unsaturated/α-hetero) is 1. The fraction of sp³-hybridized carbons (Fsp3) is 0.609. The lowest BCUT2D eigenvalue weighted by Gasteiger charge is -2.55. The van der Waals surface area contributed by atoms with E-state index in [1.54, 1.807) is 6.92 Å². The van der Waals surface area contributed by atoms with Gasteiger partial charge in [-0.15, -0.1) is 10.2 Å². The van der Waals surface area contributed by atoms with Gasteiger partial charge in [0, 0.05) is 22.3 Å². The highest BCUT2D eigenvalue weighted by atomic mass is 32.2. The Balaban J connectivity index is 1.33. The maximum atomic E-state index is 11.8. The Kier molecular flexibility index (Phi) is 4.93. The monoisotopic (exact) mass is 412 g/mol. The van der Waals surface area contributed by atoms with Gasteiger partial charge in [0.1, 0.15) is 5.75 Å². The first kappa shape index (κ1) is 19.2. The summed E-state index contributed by atoms with van der Waals surface area (Å²) >= 11 is 1.53. The molecule has 0 radical (unpaired) electrons. The van der Waals surface area contributed by atoms with E-state index in [0.29, 0.717) is 23.1 Å². The van der Waals surface area contributed by atoms with Gasteiger partial charge < -0.3 is 9.15 Å². The molecule has 6 heteroatoms. The van der Waals surface area contributed by atoms with Crippen molar-refractivity contribution < 1.29 is 13.9 Å². The molecule has 4 aliphatic rings. The van der Waals surface area contributed by atoms with Gasteiger partial charge in [-0.2, -0.15) is 0 Å². The van der Waals surface area contributed by atoms with Gasteiger partial charge in [-0.3, -0.25) is 4.79 Å². The van der Waals surface area contributed by atoms with Crippen LogP contribution in [0.5, 0.6) is 5.75 Å². The van der Waals surface area contributed by atoms with Crippen LogP contribution in [0.3, 0.4) is 0 Å². The van der Waals surface area contributed by atoms with Crippen LogP contribution in [0, 0.1) is 17.8 Å². The minimum absolute atomic E-state index is 0.0567. The molecule has 29 heavy (non-hydrogen) atoms. The van der Waals surface area contributed by atoms with E-state index in [2.05, 4.69) is 10.2 Å². The van der Waals surface area contributed by atoms with Gasteiger partial charge in [0.25, 0.3) is 5.22 Å². The Labute approximate surface area is 176 Å². The van der Waals surface area contributed by atoms with Gasteiger partial charge in [-0.25, -0.2) is 0 Å². The molecule has 0 unspecified atom stereocenters. The average molecular weight is 413 g/mol. The first-order valence-corrected chi connectivity index (χ1v) is 11.8. The highest BCUT2D eigenvalue weighted by Gasteiger charge is 2.54. The number of nitrogens with zero attached hydrogens (tertiary/aromatic N) is 2. The Hall–Kier alpha value is -1.82. The normalized spacial score (nSPS) is 29.9. The average Bonchev–Trinajstić information content (AvgIpc) is 3.16. The van der Waals surface area contributed by atoms with E-state index < -0.39 is 0 Å². The van der Waals surface area contributed by atoms with Gasteiger partial charge in [0.15, 0.2) is 5.78 Å². The molecule has 4 bridgehead atoms. The first-order valence-electron chi connectivity index (χ1n) is 10.8. The standard InChI is InChI=1S/C23H28N2O3S/c1-3-27-20-5-4-18(14(2)26)9-19(20)13-29-22-25-24-21(28-22)23-10-15-6-16(11-23)8-17(7-15)12-23/h4-5,9,15-17H,3,6-8,10-13H2,1-2H3. The molecule has 0 spiro atoms. The predicted octanol–water partition coefficient (Wildman–Crippen LogP) is 5.43. The van der Waals surface area contributed by atoms with Gasteiger partial charge in [0.05, 0.1) is 6.61 Å². The quantitative estimate of drug-likeness (QED) is 0.446. The Morgan fingerprint density at radius 3 is 2.48 bits per heavy atom. The molecule has 0 atom stereocenters. The van der Waals surface area contributed by atoms with E-state index in [-0.39, 0.29) is 11.2 Å². The van der Waals surface area contributed by atoms with Crippen molar-refractivity contribution in [2.45, 2.75) is 68.8 Å². The van der Waals surface area contributed by atoms with Gasteiger partial charge >= 0.3 is 0 Å². The molecule has 1 heterocycles. The van der Waals surface area contributed by atoms with E-state index in [1.165, 1.54) is 50.3 Å². The van der Waals surface area contributed by atoms with Crippen LogP contribution >= 0.6 is 11.8 Å². The Bertz CT molecular complexity index is 887. The zero-order valence-electron chi connectivity index (χ0n) is 17.1. The van der Waals surface area contributed by atoms with Crippen molar-refractivity contribution in [1.29, 1.82) is 0 Å². The van der Waals surface area contributed by atoms with Crippen molar-refractivity contribution in [1.82, 2.24) is 10.2 Å². The maximum Gasteiger partial charge on any atom is 0.276 e. The molecular formula is C23H28N2O3S. The SMILES string of the molecule is CCOc1ccc(C(C)=O)cc1CSc1nnc(C23CC4CC(CC(C4)C2)C3)o1. The summed E-state index contributed by atoms with van der Waals surface area (Å²) in [5.74, 6) is 4.93. The van der Waals surface area contributed by atoms with E-state index in [0.717, 1.165) is 35.0 Å². The predicted molar refractivity (Wildman–Crippen MR) is 111 cm³/mol. The summed E-state index contributed by atoms with van der Waals surface area (Å²) in [5, 5.41) is 9.48. The summed E-state index contributed by atoms with van der Waals surface area (Å²) < 4.78 is 11.9. The van der Waals surface area contributed by atoms with Crippen LogP contribution in [0.25, 0.3) is 0 Å². The molecule has 0 saturated heterocycles. The van der Waals surface area contributed by atoms with E-state index in [4.69, 9.17) is 9.15 Å². The summed E-state index contributed by atoms with van der Waals surface area (Å²) in [6, 6.07) is 5.61. The van der Waals surface area contributed by atoms with Crippen LogP contribution in [0.4, 0.5) is 0 Å². The third-order valence-electron chi connectivity index (χ3n) is 7.02. The molecule has 6 rings (SSSR count). The van der Waals surface area contributed by atoms with Crippen LogP contribution in [-0.4, -0.2) is 22.6 Å². The molecular weight excluding hydrogens is 384 g/mol. The highest BCUT2D eigenvalue weighted by Crippen LogP contribution is 2.60.